The highest BCUT2D eigenvalue weighted by Crippen LogP contribution is 2.35. The Morgan fingerprint density at radius 2 is 1.82 bits per heavy atom. The Hall–Kier alpha value is -4.54. The molecule has 2 aromatic heterocycles. The first-order valence-electron chi connectivity index (χ1n) is 15.8. The van der Waals surface area contributed by atoms with Crippen molar-refractivity contribution in [3.05, 3.63) is 88.4 Å². The quantitative estimate of drug-likeness (QED) is 0.332. The van der Waals surface area contributed by atoms with Gasteiger partial charge < -0.3 is 25.2 Å². The summed E-state index contributed by atoms with van der Waals surface area (Å²) in [4.78, 5) is 41.9. The molecule has 2 aromatic carbocycles. The van der Waals surface area contributed by atoms with Crippen molar-refractivity contribution in [1.29, 1.82) is 0 Å². The van der Waals surface area contributed by atoms with E-state index in [-0.39, 0.29) is 17.4 Å². The summed E-state index contributed by atoms with van der Waals surface area (Å²) in [7, 11) is 1.76. The minimum Gasteiger partial charge on any atom is -0.381 e. The van der Waals surface area contributed by atoms with Gasteiger partial charge in [-0.2, -0.15) is 4.98 Å². The molecule has 0 aliphatic carbocycles. The molecule has 0 spiro atoms. The van der Waals surface area contributed by atoms with Gasteiger partial charge in [0.05, 0.1) is 0 Å². The van der Waals surface area contributed by atoms with Crippen molar-refractivity contribution in [3.63, 3.8) is 0 Å². The maximum atomic E-state index is 14.4. The molecule has 0 saturated carbocycles. The number of para-hydroxylation sites is 1. The van der Waals surface area contributed by atoms with Crippen LogP contribution in [0.2, 0.25) is 0 Å². The summed E-state index contributed by atoms with van der Waals surface area (Å²) in [6, 6.07) is 15.2. The molecule has 0 bridgehead atoms. The molecular weight excluding hydrogens is 566 g/mol. The average Bonchev–Trinajstić information content (AvgIpc) is 3.07. The molecule has 7 rings (SSSR count). The highest BCUT2D eigenvalue weighted by molar-refractivity contribution is 5.99. The molecule has 3 aliphatic heterocycles. The zero-order chi connectivity index (χ0) is 31.1. The van der Waals surface area contributed by atoms with Crippen LogP contribution < -0.4 is 26.0 Å². The Labute approximate surface area is 262 Å². The predicted octanol–water partition coefficient (Wildman–Crippen LogP) is 4.45. The van der Waals surface area contributed by atoms with Gasteiger partial charge in [0.15, 0.2) is 0 Å². The smallest absolute Gasteiger partial charge is 0.260 e. The number of carbonyl (C=O) groups is 1. The van der Waals surface area contributed by atoms with Gasteiger partial charge in [0, 0.05) is 87.1 Å². The molecule has 5 heterocycles. The van der Waals surface area contributed by atoms with E-state index in [4.69, 9.17) is 9.72 Å². The SMILES string of the molecule is C=C(c1cc2cnc(Nc3ccc(N4CCNCC4)c(C)c3)nc2n(C2Cc3ccccc3N(C)C2=O)c1=O)C1CCOCC1. The fourth-order valence-electron chi connectivity index (χ4n) is 6.94. The van der Waals surface area contributed by atoms with Crippen LogP contribution in [0.15, 0.2) is 66.1 Å². The van der Waals surface area contributed by atoms with Gasteiger partial charge in [0.1, 0.15) is 11.7 Å². The van der Waals surface area contributed by atoms with Crippen LogP contribution in [0.3, 0.4) is 0 Å². The molecule has 3 aliphatic rings. The second-order valence-corrected chi connectivity index (χ2v) is 12.2. The number of rotatable bonds is 6. The van der Waals surface area contributed by atoms with Gasteiger partial charge in [-0.25, -0.2) is 4.98 Å². The lowest BCUT2D eigenvalue weighted by molar-refractivity contribution is -0.121. The largest absolute Gasteiger partial charge is 0.381 e. The monoisotopic (exact) mass is 605 g/mol. The molecule has 1 atom stereocenters. The number of ether oxygens (including phenoxy) is 1. The highest BCUT2D eigenvalue weighted by atomic mass is 16.5. The van der Waals surface area contributed by atoms with Gasteiger partial charge in [-0.05, 0) is 72.7 Å². The Morgan fingerprint density at radius 1 is 1.04 bits per heavy atom. The third-order valence-electron chi connectivity index (χ3n) is 9.44. The van der Waals surface area contributed by atoms with Gasteiger partial charge >= 0.3 is 0 Å². The van der Waals surface area contributed by atoms with E-state index in [1.165, 1.54) is 5.69 Å². The third kappa shape index (κ3) is 5.49. The summed E-state index contributed by atoms with van der Waals surface area (Å²) in [5.74, 6) is 0.341. The van der Waals surface area contributed by atoms with Crippen molar-refractivity contribution in [2.75, 3.05) is 61.6 Å². The first kappa shape index (κ1) is 29.2. The maximum absolute atomic E-state index is 14.4. The number of nitrogens with one attached hydrogen (secondary N) is 2. The molecule has 10 nitrogen and oxygen atoms in total. The molecule has 2 fully saturated rings. The molecule has 2 N–H and O–H groups in total. The number of benzene rings is 2. The van der Waals surface area contributed by atoms with Crippen molar-refractivity contribution >= 4 is 45.5 Å². The number of carbonyl (C=O) groups excluding carboxylic acids is 1. The molecule has 0 radical (unpaired) electrons. The summed E-state index contributed by atoms with van der Waals surface area (Å²) in [6.45, 7) is 11.7. The third-order valence-corrected chi connectivity index (χ3v) is 9.44. The van der Waals surface area contributed by atoms with Crippen molar-refractivity contribution < 1.29 is 9.53 Å². The summed E-state index contributed by atoms with van der Waals surface area (Å²) in [6.07, 6.45) is 3.73. The Bertz CT molecular complexity index is 1840. The van der Waals surface area contributed by atoms with Crippen LogP contribution in [-0.4, -0.2) is 66.9 Å². The van der Waals surface area contributed by atoms with Gasteiger partial charge in [-0.1, -0.05) is 24.8 Å². The van der Waals surface area contributed by atoms with Crippen LogP contribution in [0, 0.1) is 12.8 Å². The number of amides is 1. The van der Waals surface area contributed by atoms with Crippen molar-refractivity contribution in [1.82, 2.24) is 19.9 Å². The number of allylic oxidation sites excluding steroid dienone is 1. The number of piperazine rings is 1. The number of aryl methyl sites for hydroxylation is 1. The summed E-state index contributed by atoms with van der Waals surface area (Å²) in [5, 5.41) is 7.43. The van der Waals surface area contributed by atoms with Crippen LogP contribution in [0.5, 0.6) is 0 Å². The lowest BCUT2D eigenvalue weighted by Crippen LogP contribution is -2.44. The van der Waals surface area contributed by atoms with E-state index in [9.17, 15) is 9.59 Å². The van der Waals surface area contributed by atoms with Crippen molar-refractivity contribution in [2.45, 2.75) is 32.2 Å². The van der Waals surface area contributed by atoms with Gasteiger partial charge in [0.2, 0.25) is 11.9 Å². The van der Waals surface area contributed by atoms with E-state index in [2.05, 4.69) is 46.2 Å². The predicted molar refractivity (Wildman–Crippen MR) is 179 cm³/mol. The second-order valence-electron chi connectivity index (χ2n) is 12.2. The molecule has 4 aromatic rings. The first-order valence-corrected chi connectivity index (χ1v) is 15.8. The Balaban J connectivity index is 1.30. The van der Waals surface area contributed by atoms with Crippen molar-refractivity contribution in [2.24, 2.45) is 5.92 Å². The van der Waals surface area contributed by atoms with E-state index in [1.54, 1.807) is 22.7 Å². The zero-order valence-corrected chi connectivity index (χ0v) is 25.9. The Kier molecular flexibility index (Phi) is 7.85. The van der Waals surface area contributed by atoms with E-state index < -0.39 is 6.04 Å². The first-order chi connectivity index (χ1) is 21.9. The number of likely N-dealkylation sites (N-methyl/N-ethyl adjacent to an activating group) is 1. The van der Waals surface area contributed by atoms with E-state index in [0.29, 0.717) is 42.2 Å². The van der Waals surface area contributed by atoms with Crippen LogP contribution in [-0.2, 0) is 16.0 Å². The van der Waals surface area contributed by atoms with Gasteiger partial charge in [0.25, 0.3) is 5.56 Å². The summed E-state index contributed by atoms with van der Waals surface area (Å²) >= 11 is 0. The number of nitrogens with zero attached hydrogens (tertiary/aromatic N) is 5. The lowest BCUT2D eigenvalue weighted by atomic mass is 9.88. The lowest BCUT2D eigenvalue weighted by Gasteiger charge is -2.33. The van der Waals surface area contributed by atoms with Gasteiger partial charge in [-0.15, -0.1) is 0 Å². The topological polar surface area (TPSA) is 105 Å². The number of pyridine rings is 1. The number of aromatic nitrogens is 3. The molecule has 2 saturated heterocycles. The fourth-order valence-corrected chi connectivity index (χ4v) is 6.94. The summed E-state index contributed by atoms with van der Waals surface area (Å²) in [5.41, 5.74) is 6.53. The molecular formula is C35H39N7O3. The van der Waals surface area contributed by atoms with Crippen LogP contribution in [0.25, 0.3) is 16.6 Å². The maximum Gasteiger partial charge on any atom is 0.260 e. The van der Waals surface area contributed by atoms with Gasteiger partial charge in [-0.3, -0.25) is 14.2 Å². The minimum atomic E-state index is -0.759. The minimum absolute atomic E-state index is 0.136. The normalized spacial score (nSPS) is 19.1. The van der Waals surface area contributed by atoms with Crippen LogP contribution >= 0.6 is 0 Å². The highest BCUT2D eigenvalue weighted by Gasteiger charge is 2.35. The number of fused-ring (bicyclic) bond motifs is 2. The van der Waals surface area contributed by atoms with E-state index in [1.807, 2.05) is 36.4 Å². The van der Waals surface area contributed by atoms with E-state index >= 15 is 0 Å². The number of hydrogen-bond donors (Lipinski definition) is 2. The van der Waals surface area contributed by atoms with Crippen LogP contribution in [0.4, 0.5) is 23.0 Å². The zero-order valence-electron chi connectivity index (χ0n) is 25.9. The van der Waals surface area contributed by atoms with Crippen molar-refractivity contribution in [3.8, 4) is 0 Å². The summed E-state index contributed by atoms with van der Waals surface area (Å²) < 4.78 is 7.14. The standard InChI is InChI=1S/C35H39N7O3/c1-22-18-27(8-9-29(22)41-14-12-36-13-15-41)38-35-37-21-26-19-28(23(2)24-10-16-45-17-11-24)33(43)42(32(26)39-35)31-20-25-6-4-5-7-30(25)40(3)34(31)44/h4-9,18-19,21,24,31,36H,2,10-17,20H2,1,3H3,(H,37,38,39). The van der Waals surface area contributed by atoms with Crippen LogP contribution in [0.1, 0.15) is 35.6 Å². The fraction of sp³-hybridized carbons (Fsp3) is 0.371. The molecule has 10 heteroatoms. The molecule has 1 amide bonds. The number of hydrogen-bond acceptors (Lipinski definition) is 8. The second kappa shape index (κ2) is 12.1. The van der Waals surface area contributed by atoms with E-state index in [0.717, 1.165) is 67.1 Å². The molecule has 232 valence electrons. The average molecular weight is 606 g/mol. The molecule has 45 heavy (non-hydrogen) atoms. The Morgan fingerprint density at radius 3 is 2.60 bits per heavy atom. The molecule has 1 unspecified atom stereocenters. The number of anilines is 4.